The van der Waals surface area contributed by atoms with E-state index in [1.54, 1.807) is 17.3 Å². The lowest BCUT2D eigenvalue weighted by molar-refractivity contribution is -0.123. The Balaban J connectivity index is 1.29. The lowest BCUT2D eigenvalue weighted by Crippen LogP contribution is -2.52. The van der Waals surface area contributed by atoms with E-state index in [0.29, 0.717) is 67.8 Å². The second kappa shape index (κ2) is 10.7. The molecule has 0 unspecified atom stereocenters. The lowest BCUT2D eigenvalue weighted by atomic mass is 9.95. The molecule has 0 spiro atoms. The zero-order chi connectivity index (χ0) is 25.1. The van der Waals surface area contributed by atoms with Gasteiger partial charge in [-0.15, -0.1) is 0 Å². The summed E-state index contributed by atoms with van der Waals surface area (Å²) in [7, 11) is 0. The standard InChI is InChI=1S/C27H34N6O3/c1-2-30-17-22(25-23(18-30)27(36)33(29-25)21-11-7-4-8-12-21)26(35)32-15-13-31(14-16-32)19-24(34)28-20-9-5-3-6-10-20/h4,7-8,11-12,17-18,20H,2-3,5-6,9-10,13-16,19H2,1H3,(H,28,34). The molecule has 1 N–H and O–H groups in total. The normalized spacial score (nSPS) is 17.4. The van der Waals surface area contributed by atoms with Crippen molar-refractivity contribution in [1.82, 2.24) is 29.5 Å². The molecule has 190 valence electrons. The molecule has 0 bridgehead atoms. The fraction of sp³-hybridized carbons (Fsp3) is 0.481. The SMILES string of the molecule is CCn1cc(C(=O)N2CCN(CC(=O)NC3CCCCC3)CC2)c2nn(-c3ccccc3)c(=O)c-2c1. The summed E-state index contributed by atoms with van der Waals surface area (Å²) in [6.07, 6.45) is 9.34. The first-order valence-corrected chi connectivity index (χ1v) is 13.0. The first-order chi connectivity index (χ1) is 17.5. The number of benzene rings is 1. The van der Waals surface area contributed by atoms with E-state index in [4.69, 9.17) is 0 Å². The molecule has 9 heteroatoms. The Morgan fingerprint density at radius 2 is 1.72 bits per heavy atom. The number of hydrogen-bond donors (Lipinski definition) is 1. The molecule has 9 nitrogen and oxygen atoms in total. The molecule has 3 aliphatic heterocycles. The van der Waals surface area contributed by atoms with Crippen molar-refractivity contribution in [2.45, 2.75) is 51.6 Å². The topological polar surface area (TPSA) is 92.5 Å². The average molecular weight is 491 g/mol. The third kappa shape index (κ3) is 5.06. The molecule has 3 heterocycles. The molecule has 5 rings (SSSR count). The van der Waals surface area contributed by atoms with Crippen LogP contribution in [0.25, 0.3) is 16.9 Å². The van der Waals surface area contributed by atoms with Crippen LogP contribution in [0.5, 0.6) is 0 Å². The minimum absolute atomic E-state index is 0.0739. The van der Waals surface area contributed by atoms with Gasteiger partial charge >= 0.3 is 0 Å². The van der Waals surface area contributed by atoms with E-state index >= 15 is 0 Å². The summed E-state index contributed by atoms with van der Waals surface area (Å²) >= 11 is 0. The molecular weight excluding hydrogens is 456 g/mol. The predicted octanol–water partition coefficient (Wildman–Crippen LogP) is 2.37. The Morgan fingerprint density at radius 1 is 1.00 bits per heavy atom. The molecule has 4 aliphatic rings. The Bertz CT molecular complexity index is 1240. The number of rotatable bonds is 6. The van der Waals surface area contributed by atoms with Crippen molar-refractivity contribution in [1.29, 1.82) is 0 Å². The number of aryl methyl sites for hydroxylation is 1. The van der Waals surface area contributed by atoms with Crippen molar-refractivity contribution in [2.75, 3.05) is 32.7 Å². The maximum Gasteiger partial charge on any atom is 0.282 e. The van der Waals surface area contributed by atoms with E-state index in [1.807, 2.05) is 41.8 Å². The summed E-state index contributed by atoms with van der Waals surface area (Å²) in [5, 5.41) is 7.74. The van der Waals surface area contributed by atoms with E-state index in [1.165, 1.54) is 23.9 Å². The van der Waals surface area contributed by atoms with E-state index < -0.39 is 0 Å². The van der Waals surface area contributed by atoms with E-state index in [2.05, 4.69) is 15.3 Å². The summed E-state index contributed by atoms with van der Waals surface area (Å²) in [6.45, 7) is 5.31. The third-order valence-corrected chi connectivity index (χ3v) is 7.32. The molecule has 1 aliphatic carbocycles. The van der Waals surface area contributed by atoms with Crippen LogP contribution < -0.4 is 10.9 Å². The Hall–Kier alpha value is -3.46. The van der Waals surface area contributed by atoms with Crippen LogP contribution in [0.4, 0.5) is 0 Å². The van der Waals surface area contributed by atoms with E-state index in [9.17, 15) is 14.4 Å². The summed E-state index contributed by atoms with van der Waals surface area (Å²) in [6, 6.07) is 9.55. The van der Waals surface area contributed by atoms with Gasteiger partial charge in [0.2, 0.25) is 5.91 Å². The number of nitrogens with zero attached hydrogens (tertiary/aromatic N) is 5. The zero-order valence-corrected chi connectivity index (χ0v) is 20.9. The Morgan fingerprint density at radius 3 is 2.42 bits per heavy atom. The molecule has 2 fully saturated rings. The number of fused-ring (bicyclic) bond motifs is 1. The van der Waals surface area contributed by atoms with Crippen LogP contribution in [0.1, 0.15) is 49.4 Å². The van der Waals surface area contributed by atoms with Crippen LogP contribution >= 0.6 is 0 Å². The molecule has 0 radical (unpaired) electrons. The van der Waals surface area contributed by atoms with Crippen LogP contribution in [0.15, 0.2) is 47.5 Å². The predicted molar refractivity (Wildman–Crippen MR) is 137 cm³/mol. The number of pyridine rings is 1. The first-order valence-electron chi connectivity index (χ1n) is 13.0. The van der Waals surface area contributed by atoms with Gasteiger partial charge in [0, 0.05) is 51.2 Å². The van der Waals surface area contributed by atoms with E-state index in [0.717, 1.165) is 12.8 Å². The largest absolute Gasteiger partial charge is 0.353 e. The number of hydrogen-bond acceptors (Lipinski definition) is 5. The fourth-order valence-corrected chi connectivity index (χ4v) is 5.25. The molecule has 0 atom stereocenters. The van der Waals surface area contributed by atoms with Crippen LogP contribution in [0.3, 0.4) is 0 Å². The second-order valence-corrected chi connectivity index (χ2v) is 9.79. The van der Waals surface area contributed by atoms with Gasteiger partial charge in [-0.25, -0.2) is 0 Å². The van der Waals surface area contributed by atoms with Gasteiger partial charge in [0.15, 0.2) is 0 Å². The highest BCUT2D eigenvalue weighted by Crippen LogP contribution is 2.24. The summed E-state index contributed by atoms with van der Waals surface area (Å²) in [4.78, 5) is 43.2. The van der Waals surface area contributed by atoms with Gasteiger partial charge in [0.25, 0.3) is 11.5 Å². The summed E-state index contributed by atoms with van der Waals surface area (Å²) in [5.41, 5.74) is 1.73. The van der Waals surface area contributed by atoms with Crippen molar-refractivity contribution in [3.63, 3.8) is 0 Å². The fourth-order valence-electron chi connectivity index (χ4n) is 5.25. The summed E-state index contributed by atoms with van der Waals surface area (Å²) < 4.78 is 3.23. The molecule has 1 saturated heterocycles. The van der Waals surface area contributed by atoms with Crippen LogP contribution in [0, 0.1) is 0 Å². The molecule has 36 heavy (non-hydrogen) atoms. The number of nitrogens with one attached hydrogen (secondary N) is 1. The molecule has 1 saturated carbocycles. The van der Waals surface area contributed by atoms with Crippen molar-refractivity contribution in [3.8, 4) is 16.9 Å². The zero-order valence-electron chi connectivity index (χ0n) is 20.9. The monoisotopic (exact) mass is 490 g/mol. The van der Waals surface area contributed by atoms with Crippen molar-refractivity contribution < 1.29 is 9.59 Å². The highest BCUT2D eigenvalue weighted by atomic mass is 16.2. The lowest BCUT2D eigenvalue weighted by Gasteiger charge is -2.35. The molecular formula is C27H34N6O3. The third-order valence-electron chi connectivity index (χ3n) is 7.32. The van der Waals surface area contributed by atoms with Gasteiger partial charge in [0.1, 0.15) is 5.69 Å². The number of amides is 2. The Kier molecular flexibility index (Phi) is 7.18. The number of carbonyl (C=O) groups is 2. The summed E-state index contributed by atoms with van der Waals surface area (Å²) in [5.74, 6) is -0.0586. The molecule has 0 aromatic heterocycles. The quantitative estimate of drug-likeness (QED) is 0.573. The van der Waals surface area contributed by atoms with Crippen molar-refractivity contribution in [3.05, 3.63) is 58.6 Å². The minimum atomic E-state index is -0.234. The number of piperazine rings is 1. The maximum atomic E-state index is 13.6. The number of aromatic nitrogens is 3. The van der Waals surface area contributed by atoms with Crippen LogP contribution in [0.2, 0.25) is 0 Å². The highest BCUT2D eigenvalue weighted by Gasteiger charge is 2.29. The van der Waals surface area contributed by atoms with Crippen molar-refractivity contribution in [2.24, 2.45) is 0 Å². The molecule has 1 aromatic rings. The van der Waals surface area contributed by atoms with Gasteiger partial charge in [-0.1, -0.05) is 37.5 Å². The van der Waals surface area contributed by atoms with Gasteiger partial charge in [0.05, 0.1) is 23.4 Å². The van der Waals surface area contributed by atoms with Gasteiger partial charge in [-0.3, -0.25) is 19.3 Å². The smallest absolute Gasteiger partial charge is 0.282 e. The average Bonchev–Trinajstić information content (AvgIpc) is 3.25. The van der Waals surface area contributed by atoms with Crippen LogP contribution in [-0.2, 0) is 11.3 Å². The van der Waals surface area contributed by atoms with Gasteiger partial charge in [-0.2, -0.15) is 9.78 Å². The molecule has 2 amide bonds. The Labute approximate surface area is 211 Å². The minimum Gasteiger partial charge on any atom is -0.353 e. The van der Waals surface area contributed by atoms with Crippen molar-refractivity contribution >= 4 is 11.8 Å². The maximum absolute atomic E-state index is 13.6. The van der Waals surface area contributed by atoms with Crippen LogP contribution in [-0.4, -0.2) is 74.7 Å². The molecule has 1 aromatic carbocycles. The second-order valence-electron chi connectivity index (χ2n) is 9.79. The first kappa shape index (κ1) is 24.2. The number of para-hydroxylation sites is 1. The van der Waals surface area contributed by atoms with Gasteiger partial charge < -0.3 is 14.8 Å². The van der Waals surface area contributed by atoms with E-state index in [-0.39, 0.29) is 17.4 Å². The highest BCUT2D eigenvalue weighted by molar-refractivity contribution is 6.00. The number of carbonyl (C=O) groups excluding carboxylic acids is 2. The van der Waals surface area contributed by atoms with Gasteiger partial charge in [-0.05, 0) is 31.9 Å².